The Balaban J connectivity index is 1.89. The molecule has 1 aromatic carbocycles. The fraction of sp³-hybridized carbons (Fsp3) is 0.480. The van der Waals surface area contributed by atoms with Gasteiger partial charge in [-0.1, -0.05) is 32.0 Å². The van der Waals surface area contributed by atoms with Crippen LogP contribution in [0.1, 0.15) is 64.1 Å². The molecule has 3 rings (SSSR count). The van der Waals surface area contributed by atoms with Crippen molar-refractivity contribution >= 4 is 17.6 Å². The van der Waals surface area contributed by atoms with Crippen LogP contribution in [0.4, 0.5) is 5.69 Å². The van der Waals surface area contributed by atoms with Gasteiger partial charge in [0.1, 0.15) is 6.04 Å². The van der Waals surface area contributed by atoms with E-state index >= 15 is 0 Å². The number of hydrogen-bond donors (Lipinski definition) is 2. The molecular formula is C25H33N3O4. The number of aromatic nitrogens is 1. The highest BCUT2D eigenvalue weighted by molar-refractivity contribution is 5.81. The molecule has 1 aromatic heterocycles. The van der Waals surface area contributed by atoms with Gasteiger partial charge in [-0.2, -0.15) is 0 Å². The number of benzene rings is 1. The van der Waals surface area contributed by atoms with Crippen molar-refractivity contribution in [2.24, 2.45) is 5.92 Å². The summed E-state index contributed by atoms with van der Waals surface area (Å²) in [5.74, 6) is -1.17. The summed E-state index contributed by atoms with van der Waals surface area (Å²) < 4.78 is 1.43. The van der Waals surface area contributed by atoms with Crippen molar-refractivity contribution in [2.45, 2.75) is 64.6 Å². The minimum atomic E-state index is -0.993. The van der Waals surface area contributed by atoms with E-state index in [4.69, 9.17) is 0 Å². The zero-order valence-electron chi connectivity index (χ0n) is 19.0. The first-order chi connectivity index (χ1) is 15.3. The van der Waals surface area contributed by atoms with Crippen molar-refractivity contribution in [3.05, 3.63) is 64.6 Å². The van der Waals surface area contributed by atoms with Gasteiger partial charge in [-0.15, -0.1) is 0 Å². The van der Waals surface area contributed by atoms with E-state index in [0.29, 0.717) is 12.5 Å². The third-order valence-corrected chi connectivity index (χ3v) is 6.04. The molecule has 2 N–H and O–H groups in total. The fourth-order valence-electron chi connectivity index (χ4n) is 4.42. The first-order valence-electron chi connectivity index (χ1n) is 11.3. The molecule has 2 heterocycles. The molecule has 0 spiro atoms. The molecule has 3 atom stereocenters. The van der Waals surface area contributed by atoms with Crippen LogP contribution in [0.3, 0.4) is 0 Å². The molecule has 0 aliphatic carbocycles. The van der Waals surface area contributed by atoms with Gasteiger partial charge < -0.3 is 19.9 Å². The molecule has 7 nitrogen and oxygen atoms in total. The highest BCUT2D eigenvalue weighted by atomic mass is 16.4. The van der Waals surface area contributed by atoms with Gasteiger partial charge in [-0.25, -0.2) is 0 Å². The van der Waals surface area contributed by atoms with Crippen molar-refractivity contribution in [3.8, 4) is 0 Å². The number of amides is 1. The highest BCUT2D eigenvalue weighted by Crippen LogP contribution is 2.29. The van der Waals surface area contributed by atoms with E-state index in [9.17, 15) is 19.5 Å². The van der Waals surface area contributed by atoms with Crippen molar-refractivity contribution in [2.75, 3.05) is 11.4 Å². The normalized spacial score (nSPS) is 17.9. The Bertz CT molecular complexity index is 1000. The third-order valence-electron chi connectivity index (χ3n) is 6.04. The van der Waals surface area contributed by atoms with E-state index in [2.05, 4.69) is 17.1 Å². The standard InChI is InChI=1S/C25H33N3O4/c1-17(2)14-22(28-12-5-4-11-23(28)29)25(32)26-21(16-24(30)31)19-9-6-10-20(15-19)27-13-7-8-18(27)3/h4-6,9-12,15,17-18,21-22H,7-8,13-14,16H2,1-3H3,(H,26,32)(H,30,31)/t18-,21-,22-/m0/s1. The largest absolute Gasteiger partial charge is 0.481 e. The number of aliphatic carboxylic acids is 1. The van der Waals surface area contributed by atoms with Gasteiger partial charge in [0, 0.05) is 30.5 Å². The van der Waals surface area contributed by atoms with Crippen LogP contribution in [0, 0.1) is 5.92 Å². The molecule has 1 aliphatic heterocycles. The van der Waals surface area contributed by atoms with Gasteiger partial charge in [0.05, 0.1) is 12.5 Å². The number of nitrogens with one attached hydrogen (secondary N) is 1. The number of nitrogens with zero attached hydrogens (tertiary/aromatic N) is 2. The Morgan fingerprint density at radius 2 is 1.97 bits per heavy atom. The van der Waals surface area contributed by atoms with Crippen molar-refractivity contribution in [3.63, 3.8) is 0 Å². The Morgan fingerprint density at radius 3 is 2.59 bits per heavy atom. The van der Waals surface area contributed by atoms with E-state index in [1.807, 2.05) is 38.1 Å². The molecule has 32 heavy (non-hydrogen) atoms. The Morgan fingerprint density at radius 1 is 1.19 bits per heavy atom. The predicted octanol–water partition coefficient (Wildman–Crippen LogP) is 3.76. The van der Waals surface area contributed by atoms with E-state index in [0.717, 1.165) is 30.6 Å². The summed E-state index contributed by atoms with van der Waals surface area (Å²) >= 11 is 0. The quantitative estimate of drug-likeness (QED) is 0.621. The van der Waals surface area contributed by atoms with Gasteiger partial charge in [0.15, 0.2) is 0 Å². The number of hydrogen-bond acceptors (Lipinski definition) is 4. The average Bonchev–Trinajstić information content (AvgIpc) is 3.17. The van der Waals surface area contributed by atoms with Crippen LogP contribution in [0.15, 0.2) is 53.5 Å². The molecular weight excluding hydrogens is 406 g/mol. The molecule has 1 saturated heterocycles. The zero-order chi connectivity index (χ0) is 23.3. The molecule has 0 radical (unpaired) electrons. The van der Waals surface area contributed by atoms with Gasteiger partial charge in [0.2, 0.25) is 5.91 Å². The minimum absolute atomic E-state index is 0.177. The summed E-state index contributed by atoms with van der Waals surface area (Å²) in [5, 5.41) is 12.4. The maximum atomic E-state index is 13.3. The lowest BCUT2D eigenvalue weighted by Crippen LogP contribution is -2.40. The van der Waals surface area contributed by atoms with Crippen LogP contribution >= 0.6 is 0 Å². The molecule has 0 saturated carbocycles. The summed E-state index contributed by atoms with van der Waals surface area (Å²) in [6.45, 7) is 7.13. The maximum Gasteiger partial charge on any atom is 0.305 e. The zero-order valence-corrected chi connectivity index (χ0v) is 19.0. The minimum Gasteiger partial charge on any atom is -0.481 e. The molecule has 0 unspecified atom stereocenters. The second kappa shape index (κ2) is 10.5. The number of rotatable bonds is 9. The van der Waals surface area contributed by atoms with Gasteiger partial charge in [-0.05, 0) is 55.9 Å². The molecule has 172 valence electrons. The summed E-state index contributed by atoms with van der Waals surface area (Å²) in [6.07, 6.45) is 4.10. The summed E-state index contributed by atoms with van der Waals surface area (Å²) in [7, 11) is 0. The van der Waals surface area contributed by atoms with Gasteiger partial charge in [0.25, 0.3) is 5.56 Å². The van der Waals surface area contributed by atoms with Gasteiger partial charge >= 0.3 is 5.97 Å². The third kappa shape index (κ3) is 5.78. The Labute approximate surface area is 189 Å². The summed E-state index contributed by atoms with van der Waals surface area (Å²) in [4.78, 5) is 39.6. The van der Waals surface area contributed by atoms with E-state index in [1.165, 1.54) is 10.6 Å². The SMILES string of the molecule is CC(C)C[C@@H](C(=O)N[C@@H](CC(=O)O)c1cccc(N2CCC[C@@H]2C)c1)n1ccccc1=O. The molecule has 1 aliphatic rings. The van der Waals surface area contributed by atoms with E-state index in [1.54, 1.807) is 18.3 Å². The topological polar surface area (TPSA) is 91.6 Å². The molecule has 1 fully saturated rings. The number of carbonyl (C=O) groups is 2. The average molecular weight is 440 g/mol. The Hall–Kier alpha value is -3.09. The first-order valence-corrected chi connectivity index (χ1v) is 11.3. The highest BCUT2D eigenvalue weighted by Gasteiger charge is 2.27. The Kier molecular flexibility index (Phi) is 7.72. The lowest BCUT2D eigenvalue weighted by Gasteiger charge is -2.27. The molecule has 7 heteroatoms. The lowest BCUT2D eigenvalue weighted by atomic mass is 9.99. The number of anilines is 1. The second-order valence-electron chi connectivity index (χ2n) is 9.03. The predicted molar refractivity (Wildman–Crippen MR) is 125 cm³/mol. The first kappa shape index (κ1) is 23.6. The van der Waals surface area contributed by atoms with Crippen LogP contribution in [0.25, 0.3) is 0 Å². The maximum absolute atomic E-state index is 13.3. The van der Waals surface area contributed by atoms with E-state index in [-0.39, 0.29) is 23.8 Å². The summed E-state index contributed by atoms with van der Waals surface area (Å²) in [5.41, 5.74) is 1.53. The number of carboxylic acid groups (broad SMARTS) is 1. The number of carbonyl (C=O) groups excluding carboxylic acids is 1. The smallest absolute Gasteiger partial charge is 0.305 e. The second-order valence-corrected chi connectivity index (χ2v) is 9.03. The van der Waals surface area contributed by atoms with Crippen LogP contribution in [0.2, 0.25) is 0 Å². The lowest BCUT2D eigenvalue weighted by molar-refractivity contribution is -0.138. The van der Waals surface area contributed by atoms with Crippen molar-refractivity contribution in [1.82, 2.24) is 9.88 Å². The van der Waals surface area contributed by atoms with Crippen molar-refractivity contribution < 1.29 is 14.7 Å². The van der Waals surface area contributed by atoms with Crippen LogP contribution in [-0.4, -0.2) is 34.1 Å². The number of carboxylic acids is 1. The monoisotopic (exact) mass is 439 g/mol. The molecule has 2 aromatic rings. The summed E-state index contributed by atoms with van der Waals surface area (Å²) in [6, 6.07) is 11.6. The van der Waals surface area contributed by atoms with Crippen molar-refractivity contribution in [1.29, 1.82) is 0 Å². The van der Waals surface area contributed by atoms with E-state index < -0.39 is 18.1 Å². The molecule has 0 bridgehead atoms. The molecule has 1 amide bonds. The fourth-order valence-corrected chi connectivity index (χ4v) is 4.42. The van der Waals surface area contributed by atoms with Crippen LogP contribution in [0.5, 0.6) is 0 Å². The number of pyridine rings is 1. The van der Waals surface area contributed by atoms with Crippen LogP contribution in [-0.2, 0) is 9.59 Å². The van der Waals surface area contributed by atoms with Crippen LogP contribution < -0.4 is 15.8 Å². The van der Waals surface area contributed by atoms with Gasteiger partial charge in [-0.3, -0.25) is 14.4 Å².